The summed E-state index contributed by atoms with van der Waals surface area (Å²) in [4.78, 5) is 2.63. The van der Waals surface area contributed by atoms with E-state index in [1.165, 1.54) is 17.5 Å². The largest absolute Gasteiger partial charge is 0.375 e. The quantitative estimate of drug-likeness (QED) is 0.801. The Morgan fingerprint density at radius 3 is 2.27 bits per heavy atom. The van der Waals surface area contributed by atoms with Crippen molar-refractivity contribution in [3.05, 3.63) is 35.4 Å². The van der Waals surface area contributed by atoms with Crippen LogP contribution in [0.25, 0.3) is 0 Å². The molecule has 2 rings (SSSR count). The minimum absolute atomic E-state index is 0.0515. The monoisotopic (exact) mass is 303 g/mol. The summed E-state index contributed by atoms with van der Waals surface area (Å²) in [6, 6.07) is 9.65. The molecule has 1 aliphatic rings. The van der Waals surface area contributed by atoms with Gasteiger partial charge >= 0.3 is 0 Å². The third-order valence-corrected chi connectivity index (χ3v) is 5.31. The van der Waals surface area contributed by atoms with Crippen molar-refractivity contribution in [3.8, 4) is 0 Å². The SMILES string of the molecule is CCCN1C(C)CO[C@H](C)[C@]1(C)c1ccc(C(C)(C)C)cc1. The number of benzene rings is 1. The van der Waals surface area contributed by atoms with Crippen LogP contribution >= 0.6 is 0 Å². The Hall–Kier alpha value is -0.860. The van der Waals surface area contributed by atoms with E-state index in [0.29, 0.717) is 6.04 Å². The van der Waals surface area contributed by atoms with Gasteiger partial charge in [0.05, 0.1) is 18.2 Å². The molecule has 1 aromatic rings. The van der Waals surface area contributed by atoms with Crippen LogP contribution in [0.4, 0.5) is 0 Å². The van der Waals surface area contributed by atoms with E-state index < -0.39 is 0 Å². The van der Waals surface area contributed by atoms with E-state index in [2.05, 4.69) is 77.6 Å². The zero-order chi connectivity index (χ0) is 16.5. The number of nitrogens with zero attached hydrogens (tertiary/aromatic N) is 1. The fourth-order valence-electron chi connectivity index (χ4n) is 3.63. The first kappa shape index (κ1) is 17.5. The van der Waals surface area contributed by atoms with Crippen LogP contribution in [0.5, 0.6) is 0 Å². The van der Waals surface area contributed by atoms with Crippen LogP contribution < -0.4 is 0 Å². The summed E-state index contributed by atoms with van der Waals surface area (Å²) in [6.45, 7) is 17.8. The molecule has 1 saturated heterocycles. The number of ether oxygens (including phenoxy) is 1. The van der Waals surface area contributed by atoms with Gasteiger partial charge in [-0.05, 0) is 50.3 Å². The Labute approximate surface area is 136 Å². The second-order valence-corrected chi connectivity index (χ2v) is 7.99. The lowest BCUT2D eigenvalue weighted by Crippen LogP contribution is -2.61. The van der Waals surface area contributed by atoms with Crippen LogP contribution in [0.15, 0.2) is 24.3 Å². The standard InChI is InChI=1S/C20H33NO/c1-8-13-21-15(2)14-22-16(3)20(21,7)18-11-9-17(10-12-18)19(4,5)6/h9-12,15-16H,8,13-14H2,1-7H3/t15?,16-,20-/m1/s1. The summed E-state index contributed by atoms with van der Waals surface area (Å²) in [5.74, 6) is 0. The van der Waals surface area contributed by atoms with Crippen molar-refractivity contribution < 1.29 is 4.74 Å². The summed E-state index contributed by atoms with van der Waals surface area (Å²) in [5, 5.41) is 0. The number of morpholine rings is 1. The smallest absolute Gasteiger partial charge is 0.0770 e. The molecule has 1 fully saturated rings. The fraction of sp³-hybridized carbons (Fsp3) is 0.700. The second-order valence-electron chi connectivity index (χ2n) is 7.99. The maximum atomic E-state index is 6.09. The van der Waals surface area contributed by atoms with E-state index in [4.69, 9.17) is 4.74 Å². The van der Waals surface area contributed by atoms with Crippen LogP contribution in [0, 0.1) is 0 Å². The molecule has 0 N–H and O–H groups in total. The molecular weight excluding hydrogens is 270 g/mol. The van der Waals surface area contributed by atoms with Crippen molar-refractivity contribution in [2.24, 2.45) is 0 Å². The van der Waals surface area contributed by atoms with Crippen LogP contribution in [0.1, 0.15) is 66.0 Å². The highest BCUT2D eigenvalue weighted by Crippen LogP contribution is 2.39. The predicted octanol–water partition coefficient (Wildman–Crippen LogP) is 4.72. The van der Waals surface area contributed by atoms with Crippen LogP contribution in [0.3, 0.4) is 0 Å². The molecule has 1 aromatic carbocycles. The van der Waals surface area contributed by atoms with Crippen LogP contribution in [-0.4, -0.2) is 30.2 Å². The highest BCUT2D eigenvalue weighted by Gasteiger charge is 2.45. The molecule has 22 heavy (non-hydrogen) atoms. The molecule has 2 heteroatoms. The first-order chi connectivity index (χ1) is 10.2. The lowest BCUT2D eigenvalue weighted by Gasteiger charge is -2.52. The molecule has 0 radical (unpaired) electrons. The minimum atomic E-state index is -0.0515. The molecule has 0 aliphatic carbocycles. The van der Waals surface area contributed by atoms with Gasteiger partial charge in [0, 0.05) is 6.04 Å². The molecule has 2 nitrogen and oxygen atoms in total. The summed E-state index contributed by atoms with van der Waals surface area (Å²) in [6.07, 6.45) is 1.38. The molecule has 1 heterocycles. The Kier molecular flexibility index (Phi) is 5.03. The fourth-order valence-corrected chi connectivity index (χ4v) is 3.63. The molecule has 124 valence electrons. The third kappa shape index (κ3) is 3.09. The van der Waals surface area contributed by atoms with Gasteiger partial charge in [-0.15, -0.1) is 0 Å². The first-order valence-electron chi connectivity index (χ1n) is 8.70. The van der Waals surface area contributed by atoms with Crippen LogP contribution in [0.2, 0.25) is 0 Å². The number of hydrogen-bond acceptors (Lipinski definition) is 2. The Morgan fingerprint density at radius 1 is 1.18 bits per heavy atom. The average molecular weight is 303 g/mol. The molecule has 3 atom stereocenters. The van der Waals surface area contributed by atoms with Crippen molar-refractivity contribution in [2.75, 3.05) is 13.2 Å². The van der Waals surface area contributed by atoms with Crippen molar-refractivity contribution in [1.29, 1.82) is 0 Å². The van der Waals surface area contributed by atoms with E-state index >= 15 is 0 Å². The Morgan fingerprint density at radius 2 is 1.77 bits per heavy atom. The van der Waals surface area contributed by atoms with Gasteiger partial charge in [0.1, 0.15) is 0 Å². The summed E-state index contributed by atoms with van der Waals surface area (Å²) >= 11 is 0. The van der Waals surface area contributed by atoms with Gasteiger partial charge in [-0.2, -0.15) is 0 Å². The van der Waals surface area contributed by atoms with Crippen molar-refractivity contribution >= 4 is 0 Å². The van der Waals surface area contributed by atoms with Gasteiger partial charge in [0.15, 0.2) is 0 Å². The average Bonchev–Trinajstić information content (AvgIpc) is 2.47. The second kappa shape index (κ2) is 6.33. The van der Waals surface area contributed by atoms with Crippen molar-refractivity contribution in [1.82, 2.24) is 4.90 Å². The maximum absolute atomic E-state index is 6.09. The van der Waals surface area contributed by atoms with Gasteiger partial charge in [-0.1, -0.05) is 52.0 Å². The van der Waals surface area contributed by atoms with E-state index in [0.717, 1.165) is 13.2 Å². The molecule has 1 unspecified atom stereocenters. The Balaban J connectivity index is 2.40. The summed E-state index contributed by atoms with van der Waals surface area (Å²) < 4.78 is 6.09. The molecular formula is C20H33NO. The third-order valence-electron chi connectivity index (χ3n) is 5.31. The molecule has 1 aliphatic heterocycles. The van der Waals surface area contributed by atoms with Gasteiger partial charge < -0.3 is 4.74 Å². The number of hydrogen-bond donors (Lipinski definition) is 0. The van der Waals surface area contributed by atoms with E-state index in [1.807, 2.05) is 0 Å². The maximum Gasteiger partial charge on any atom is 0.0770 e. The van der Waals surface area contributed by atoms with Crippen molar-refractivity contribution in [3.63, 3.8) is 0 Å². The van der Waals surface area contributed by atoms with Gasteiger partial charge in [-0.25, -0.2) is 0 Å². The van der Waals surface area contributed by atoms with Gasteiger partial charge in [0.2, 0.25) is 0 Å². The first-order valence-corrected chi connectivity index (χ1v) is 8.70. The molecule has 0 amide bonds. The predicted molar refractivity (Wildman–Crippen MR) is 94.4 cm³/mol. The molecule has 0 aromatic heterocycles. The van der Waals surface area contributed by atoms with E-state index in [9.17, 15) is 0 Å². The normalized spacial score (nSPS) is 30.5. The van der Waals surface area contributed by atoms with Crippen LogP contribution in [-0.2, 0) is 15.7 Å². The minimum Gasteiger partial charge on any atom is -0.375 e. The van der Waals surface area contributed by atoms with Gasteiger partial charge in [-0.3, -0.25) is 4.90 Å². The molecule has 0 bridgehead atoms. The highest BCUT2D eigenvalue weighted by atomic mass is 16.5. The number of rotatable bonds is 3. The van der Waals surface area contributed by atoms with Gasteiger partial charge in [0.25, 0.3) is 0 Å². The van der Waals surface area contributed by atoms with E-state index in [1.54, 1.807) is 0 Å². The molecule has 0 spiro atoms. The summed E-state index contributed by atoms with van der Waals surface area (Å²) in [5.41, 5.74) is 2.90. The zero-order valence-electron chi connectivity index (χ0n) is 15.4. The Bertz CT molecular complexity index is 487. The lowest BCUT2D eigenvalue weighted by atomic mass is 9.80. The molecule has 0 saturated carbocycles. The highest BCUT2D eigenvalue weighted by molar-refractivity contribution is 5.33. The van der Waals surface area contributed by atoms with Crippen molar-refractivity contribution in [2.45, 2.75) is 78.0 Å². The lowest BCUT2D eigenvalue weighted by molar-refractivity contribution is -0.143. The summed E-state index contributed by atoms with van der Waals surface area (Å²) in [7, 11) is 0. The van der Waals surface area contributed by atoms with E-state index in [-0.39, 0.29) is 17.1 Å². The topological polar surface area (TPSA) is 12.5 Å². The zero-order valence-corrected chi connectivity index (χ0v) is 15.4.